The molecule has 0 saturated heterocycles. The minimum Gasteiger partial charge on any atom is -0.480 e. The van der Waals surface area contributed by atoms with Crippen LogP contribution in [0.2, 0.25) is 10.0 Å². The normalized spacial score (nSPS) is 10.3. The Morgan fingerprint density at radius 1 is 1.14 bits per heavy atom. The third-order valence-corrected chi connectivity index (χ3v) is 3.72. The minimum absolute atomic E-state index is 0.264. The summed E-state index contributed by atoms with van der Waals surface area (Å²) < 4.78 is 11.2. The Morgan fingerprint density at radius 3 is 2.62 bits per heavy atom. The summed E-state index contributed by atoms with van der Waals surface area (Å²) in [6.45, 7) is 1.68. The van der Waals surface area contributed by atoms with Gasteiger partial charge in [0.05, 0.1) is 9.50 Å². The lowest BCUT2D eigenvalue weighted by molar-refractivity contribution is -0.136. The number of hydrogen-bond acceptors (Lipinski definition) is 3. The fraction of sp³-hybridized carbons (Fsp3) is 0.133. The first kappa shape index (κ1) is 16.1. The molecule has 6 heteroatoms. The first-order valence-electron chi connectivity index (χ1n) is 6.00. The van der Waals surface area contributed by atoms with Crippen molar-refractivity contribution in [1.82, 2.24) is 0 Å². The van der Waals surface area contributed by atoms with Crippen molar-refractivity contribution >= 4 is 45.1 Å². The van der Waals surface area contributed by atoms with Crippen molar-refractivity contribution < 1.29 is 14.3 Å². The minimum atomic E-state index is -0.532. The lowest BCUT2D eigenvalue weighted by Gasteiger charge is -2.09. The highest BCUT2D eigenvalue weighted by molar-refractivity contribution is 9.10. The third kappa shape index (κ3) is 4.63. The van der Waals surface area contributed by atoms with Crippen LogP contribution < -0.4 is 9.47 Å². The Balaban J connectivity index is 1.97. The molecule has 0 aliphatic rings. The van der Waals surface area contributed by atoms with Crippen molar-refractivity contribution in [2.24, 2.45) is 0 Å². The fourth-order valence-corrected chi connectivity index (χ4v) is 2.47. The number of rotatable bonds is 4. The SMILES string of the molecule is Cc1ccc(OC(=O)COc2cc(Cl)ccc2Cl)c(Br)c1. The van der Waals surface area contributed by atoms with E-state index < -0.39 is 5.97 Å². The zero-order valence-corrected chi connectivity index (χ0v) is 14.1. The molecule has 2 aromatic carbocycles. The summed E-state index contributed by atoms with van der Waals surface area (Å²) in [6, 6.07) is 10.2. The first-order chi connectivity index (χ1) is 9.95. The summed E-state index contributed by atoms with van der Waals surface area (Å²) in [5.74, 6) is 0.242. The van der Waals surface area contributed by atoms with Crippen molar-refractivity contribution in [2.75, 3.05) is 6.61 Å². The molecular weight excluding hydrogens is 379 g/mol. The van der Waals surface area contributed by atoms with E-state index in [2.05, 4.69) is 15.9 Å². The molecular formula is C15H11BrCl2O3. The monoisotopic (exact) mass is 388 g/mol. The molecule has 0 aliphatic carbocycles. The van der Waals surface area contributed by atoms with Gasteiger partial charge in [0, 0.05) is 11.1 Å². The molecule has 0 heterocycles. The molecule has 21 heavy (non-hydrogen) atoms. The summed E-state index contributed by atoms with van der Waals surface area (Å²) in [5, 5.41) is 0.854. The largest absolute Gasteiger partial charge is 0.480 e. The summed E-state index contributed by atoms with van der Waals surface area (Å²) >= 11 is 15.1. The predicted molar refractivity (Wildman–Crippen MR) is 86.5 cm³/mol. The molecule has 3 nitrogen and oxygen atoms in total. The van der Waals surface area contributed by atoms with E-state index in [1.807, 2.05) is 19.1 Å². The number of aryl methyl sites for hydroxylation is 1. The Bertz CT molecular complexity index is 674. The Labute approximate surface area is 140 Å². The van der Waals surface area contributed by atoms with Gasteiger partial charge in [0.15, 0.2) is 6.61 Å². The topological polar surface area (TPSA) is 35.5 Å². The second kappa shape index (κ2) is 7.16. The second-order valence-electron chi connectivity index (χ2n) is 4.27. The van der Waals surface area contributed by atoms with Gasteiger partial charge in [-0.2, -0.15) is 0 Å². The van der Waals surface area contributed by atoms with E-state index in [9.17, 15) is 4.79 Å². The molecule has 0 unspecified atom stereocenters. The molecule has 0 radical (unpaired) electrons. The molecule has 0 bridgehead atoms. The highest BCUT2D eigenvalue weighted by Gasteiger charge is 2.11. The quantitative estimate of drug-likeness (QED) is 0.542. The first-order valence-corrected chi connectivity index (χ1v) is 7.55. The molecule has 0 spiro atoms. The van der Waals surface area contributed by atoms with Crippen LogP contribution in [0.25, 0.3) is 0 Å². The lowest BCUT2D eigenvalue weighted by Crippen LogP contribution is -2.18. The molecule has 2 aromatic rings. The number of hydrogen-bond donors (Lipinski definition) is 0. The molecule has 0 amide bonds. The van der Waals surface area contributed by atoms with Crippen LogP contribution in [-0.4, -0.2) is 12.6 Å². The van der Waals surface area contributed by atoms with E-state index in [4.69, 9.17) is 32.7 Å². The molecule has 2 rings (SSSR count). The molecule has 0 N–H and O–H groups in total. The van der Waals surface area contributed by atoms with Gasteiger partial charge in [0.25, 0.3) is 0 Å². The molecule has 110 valence electrons. The highest BCUT2D eigenvalue weighted by Crippen LogP contribution is 2.28. The number of ether oxygens (including phenoxy) is 2. The van der Waals surface area contributed by atoms with Crippen LogP contribution in [0.4, 0.5) is 0 Å². The maximum absolute atomic E-state index is 11.8. The van der Waals surface area contributed by atoms with Crippen LogP contribution in [0.1, 0.15) is 5.56 Å². The van der Waals surface area contributed by atoms with Crippen molar-refractivity contribution in [3.63, 3.8) is 0 Å². The average molecular weight is 390 g/mol. The van der Waals surface area contributed by atoms with Crippen LogP contribution in [0, 0.1) is 6.92 Å². The van der Waals surface area contributed by atoms with Crippen LogP contribution in [0.15, 0.2) is 40.9 Å². The van der Waals surface area contributed by atoms with Gasteiger partial charge in [-0.25, -0.2) is 4.79 Å². The van der Waals surface area contributed by atoms with Crippen LogP contribution in [0.3, 0.4) is 0 Å². The summed E-state index contributed by atoms with van der Waals surface area (Å²) in [7, 11) is 0. The molecule has 0 atom stereocenters. The lowest BCUT2D eigenvalue weighted by atomic mass is 10.2. The number of esters is 1. The number of carbonyl (C=O) groups excluding carboxylic acids is 1. The van der Waals surface area contributed by atoms with Gasteiger partial charge in [0.1, 0.15) is 11.5 Å². The Hall–Kier alpha value is -1.23. The van der Waals surface area contributed by atoms with Crippen molar-refractivity contribution in [1.29, 1.82) is 0 Å². The number of benzene rings is 2. The van der Waals surface area contributed by atoms with Gasteiger partial charge in [-0.05, 0) is 52.7 Å². The summed E-state index contributed by atoms with van der Waals surface area (Å²) in [4.78, 5) is 11.8. The summed E-state index contributed by atoms with van der Waals surface area (Å²) in [5.41, 5.74) is 1.06. The van der Waals surface area contributed by atoms with Gasteiger partial charge in [-0.3, -0.25) is 0 Å². The molecule has 0 aromatic heterocycles. The second-order valence-corrected chi connectivity index (χ2v) is 5.97. The van der Waals surface area contributed by atoms with Crippen molar-refractivity contribution in [2.45, 2.75) is 6.92 Å². The van der Waals surface area contributed by atoms with E-state index in [0.717, 1.165) is 5.56 Å². The van der Waals surface area contributed by atoms with E-state index in [1.54, 1.807) is 24.3 Å². The third-order valence-electron chi connectivity index (χ3n) is 2.55. The highest BCUT2D eigenvalue weighted by atomic mass is 79.9. The Morgan fingerprint density at radius 2 is 1.90 bits per heavy atom. The van der Waals surface area contributed by atoms with E-state index in [-0.39, 0.29) is 6.61 Å². The number of halogens is 3. The fourth-order valence-electron chi connectivity index (χ4n) is 1.57. The molecule has 0 saturated carbocycles. The van der Waals surface area contributed by atoms with Crippen LogP contribution in [-0.2, 0) is 4.79 Å². The molecule has 0 aliphatic heterocycles. The van der Waals surface area contributed by atoms with E-state index >= 15 is 0 Å². The van der Waals surface area contributed by atoms with E-state index in [1.165, 1.54) is 0 Å². The van der Waals surface area contributed by atoms with Crippen LogP contribution in [0.5, 0.6) is 11.5 Å². The maximum Gasteiger partial charge on any atom is 0.349 e. The van der Waals surface area contributed by atoms with Gasteiger partial charge in [0.2, 0.25) is 0 Å². The maximum atomic E-state index is 11.8. The number of carbonyl (C=O) groups is 1. The van der Waals surface area contributed by atoms with Gasteiger partial charge < -0.3 is 9.47 Å². The average Bonchev–Trinajstić information content (AvgIpc) is 2.43. The van der Waals surface area contributed by atoms with Gasteiger partial charge in [-0.15, -0.1) is 0 Å². The zero-order valence-electron chi connectivity index (χ0n) is 11.0. The summed E-state index contributed by atoms with van der Waals surface area (Å²) in [6.07, 6.45) is 0. The predicted octanol–water partition coefficient (Wildman–Crippen LogP) is 5.05. The van der Waals surface area contributed by atoms with E-state index in [0.29, 0.717) is 26.0 Å². The standard InChI is InChI=1S/C15H11BrCl2O3/c1-9-2-5-13(11(16)6-9)21-15(19)8-20-14-7-10(17)3-4-12(14)18/h2-7H,8H2,1H3. The smallest absolute Gasteiger partial charge is 0.349 e. The van der Waals surface area contributed by atoms with Crippen LogP contribution >= 0.6 is 39.1 Å². The van der Waals surface area contributed by atoms with Gasteiger partial charge in [-0.1, -0.05) is 29.3 Å². The Kier molecular flexibility index (Phi) is 5.51. The van der Waals surface area contributed by atoms with Crippen molar-refractivity contribution in [3.8, 4) is 11.5 Å². The zero-order chi connectivity index (χ0) is 15.4. The molecule has 0 fully saturated rings. The van der Waals surface area contributed by atoms with Crippen molar-refractivity contribution in [3.05, 3.63) is 56.5 Å². The van der Waals surface area contributed by atoms with Gasteiger partial charge >= 0.3 is 5.97 Å².